The van der Waals surface area contributed by atoms with E-state index < -0.39 is 11.7 Å². The van der Waals surface area contributed by atoms with Gasteiger partial charge in [0.05, 0.1) is 5.56 Å². The van der Waals surface area contributed by atoms with Gasteiger partial charge in [-0.15, -0.1) is 0 Å². The van der Waals surface area contributed by atoms with Gasteiger partial charge in [-0.3, -0.25) is 0 Å². The molecule has 0 aliphatic heterocycles. The molecule has 0 saturated heterocycles. The van der Waals surface area contributed by atoms with Crippen molar-refractivity contribution in [2.24, 2.45) is 0 Å². The van der Waals surface area contributed by atoms with Gasteiger partial charge in [-0.05, 0) is 24.3 Å². The minimum atomic E-state index is -4.46. The highest BCUT2D eigenvalue weighted by Crippen LogP contribution is 2.35. The number of anilines is 2. The Balaban J connectivity index is 2.31. The third kappa shape index (κ3) is 3.81. The molecule has 2 aromatic carbocycles. The molecule has 0 heterocycles. The quantitative estimate of drug-likeness (QED) is 0.865. The van der Waals surface area contributed by atoms with Crippen LogP contribution in [0.4, 0.5) is 24.5 Å². The molecule has 3 nitrogen and oxygen atoms in total. The Morgan fingerprint density at radius 1 is 1.00 bits per heavy atom. The monoisotopic (exact) mass is 296 g/mol. The Morgan fingerprint density at radius 2 is 1.71 bits per heavy atom. The second-order valence-corrected chi connectivity index (χ2v) is 4.78. The molecule has 2 rings (SSSR count). The van der Waals surface area contributed by atoms with Gasteiger partial charge in [0.15, 0.2) is 0 Å². The molecule has 0 bridgehead atoms. The molecule has 0 unspecified atom stereocenters. The molecule has 21 heavy (non-hydrogen) atoms. The van der Waals surface area contributed by atoms with E-state index >= 15 is 0 Å². The molecule has 0 radical (unpaired) electrons. The van der Waals surface area contributed by atoms with E-state index in [1.54, 1.807) is 18.2 Å². The van der Waals surface area contributed by atoms with Crippen LogP contribution in [0.3, 0.4) is 0 Å². The van der Waals surface area contributed by atoms with E-state index in [1.807, 2.05) is 25.1 Å². The molecule has 0 aliphatic carbocycles. The van der Waals surface area contributed by atoms with Crippen molar-refractivity contribution in [2.75, 3.05) is 24.7 Å². The highest BCUT2D eigenvalue weighted by atomic mass is 19.4. The number of halogens is 3. The normalized spacial score (nSPS) is 11.3. The molecule has 0 amide bonds. The van der Waals surface area contributed by atoms with E-state index in [9.17, 15) is 13.2 Å². The molecule has 112 valence electrons. The van der Waals surface area contributed by atoms with Crippen molar-refractivity contribution < 1.29 is 17.9 Å². The predicted molar refractivity (Wildman–Crippen MR) is 76.7 cm³/mol. The number of ether oxygens (including phenoxy) is 1. The Labute approximate surface area is 120 Å². The number of rotatable bonds is 3. The van der Waals surface area contributed by atoms with Gasteiger partial charge in [0.2, 0.25) is 0 Å². The zero-order valence-corrected chi connectivity index (χ0v) is 11.6. The predicted octanol–water partition coefficient (Wildman–Crippen LogP) is 4.15. The van der Waals surface area contributed by atoms with Crippen molar-refractivity contribution >= 4 is 11.4 Å². The third-order valence-corrected chi connectivity index (χ3v) is 2.83. The van der Waals surface area contributed by atoms with Crippen molar-refractivity contribution in [1.29, 1.82) is 0 Å². The van der Waals surface area contributed by atoms with Crippen LogP contribution < -0.4 is 15.4 Å². The lowest BCUT2D eigenvalue weighted by Gasteiger charge is -2.15. The largest absolute Gasteiger partial charge is 0.457 e. The van der Waals surface area contributed by atoms with Crippen LogP contribution in [0.25, 0.3) is 0 Å². The fourth-order valence-electron chi connectivity index (χ4n) is 1.81. The summed E-state index contributed by atoms with van der Waals surface area (Å²) in [5.41, 5.74) is 5.55. The van der Waals surface area contributed by atoms with Crippen LogP contribution in [0.15, 0.2) is 42.5 Å². The smallest absolute Gasteiger partial charge is 0.416 e. The first kappa shape index (κ1) is 15.0. The van der Waals surface area contributed by atoms with Gasteiger partial charge in [-0.1, -0.05) is 6.07 Å². The molecule has 0 spiro atoms. The molecule has 0 aliphatic rings. The Kier molecular flexibility index (Phi) is 3.97. The molecule has 0 aromatic heterocycles. The van der Waals surface area contributed by atoms with E-state index in [0.29, 0.717) is 5.75 Å². The summed E-state index contributed by atoms with van der Waals surface area (Å²) in [4.78, 5) is 1.87. The maximum atomic E-state index is 12.7. The zero-order chi connectivity index (χ0) is 15.6. The summed E-state index contributed by atoms with van der Waals surface area (Å²) < 4.78 is 43.7. The number of hydrogen-bond acceptors (Lipinski definition) is 3. The van der Waals surface area contributed by atoms with Crippen LogP contribution >= 0.6 is 0 Å². The molecule has 0 atom stereocenters. The van der Waals surface area contributed by atoms with Crippen molar-refractivity contribution in [3.63, 3.8) is 0 Å². The second-order valence-electron chi connectivity index (χ2n) is 4.78. The summed E-state index contributed by atoms with van der Waals surface area (Å²) >= 11 is 0. The maximum Gasteiger partial charge on any atom is 0.416 e. The minimum absolute atomic E-state index is 0.00332. The van der Waals surface area contributed by atoms with Gasteiger partial charge in [0.25, 0.3) is 0 Å². The lowest BCUT2D eigenvalue weighted by molar-refractivity contribution is -0.137. The zero-order valence-electron chi connectivity index (χ0n) is 11.6. The molecule has 2 aromatic rings. The highest BCUT2D eigenvalue weighted by Gasteiger charge is 2.31. The molecule has 0 saturated carbocycles. The van der Waals surface area contributed by atoms with Gasteiger partial charge in [-0.25, -0.2) is 0 Å². The van der Waals surface area contributed by atoms with Crippen molar-refractivity contribution in [3.8, 4) is 11.5 Å². The molecule has 2 N–H and O–H groups in total. The molecular formula is C15H15F3N2O. The van der Waals surface area contributed by atoms with Gasteiger partial charge >= 0.3 is 6.18 Å². The average Bonchev–Trinajstić information content (AvgIpc) is 2.37. The Bertz CT molecular complexity index is 639. The summed E-state index contributed by atoms with van der Waals surface area (Å²) in [5, 5.41) is 0. The summed E-state index contributed by atoms with van der Waals surface area (Å²) in [6.45, 7) is 0. The number of hydrogen-bond donors (Lipinski definition) is 1. The standard InChI is InChI=1S/C15H15F3N2O/c1-20(2)12-4-3-5-13(9-12)21-14-7-10(15(16,17)18)6-11(19)8-14/h3-9H,19H2,1-2H3. The van der Waals surface area contributed by atoms with Gasteiger partial charge in [-0.2, -0.15) is 13.2 Å². The van der Waals surface area contributed by atoms with Crippen LogP contribution in [0.5, 0.6) is 11.5 Å². The number of alkyl halides is 3. The van der Waals surface area contributed by atoms with Gasteiger partial charge in [0.1, 0.15) is 11.5 Å². The maximum absolute atomic E-state index is 12.7. The van der Waals surface area contributed by atoms with Crippen LogP contribution in [0.1, 0.15) is 5.56 Å². The fraction of sp³-hybridized carbons (Fsp3) is 0.200. The van der Waals surface area contributed by atoms with Crippen LogP contribution in [0.2, 0.25) is 0 Å². The summed E-state index contributed by atoms with van der Waals surface area (Å²) in [7, 11) is 3.72. The van der Waals surface area contributed by atoms with E-state index in [2.05, 4.69) is 0 Å². The Morgan fingerprint density at radius 3 is 2.33 bits per heavy atom. The number of nitrogens with two attached hydrogens (primary N) is 1. The number of nitrogen functional groups attached to an aromatic ring is 1. The van der Waals surface area contributed by atoms with E-state index in [0.717, 1.165) is 17.8 Å². The highest BCUT2D eigenvalue weighted by molar-refractivity contribution is 5.52. The van der Waals surface area contributed by atoms with E-state index in [-0.39, 0.29) is 11.4 Å². The lowest BCUT2D eigenvalue weighted by atomic mass is 10.2. The Hall–Kier alpha value is -2.37. The van der Waals surface area contributed by atoms with Crippen molar-refractivity contribution in [2.45, 2.75) is 6.18 Å². The molecular weight excluding hydrogens is 281 g/mol. The van der Waals surface area contributed by atoms with Crippen molar-refractivity contribution in [3.05, 3.63) is 48.0 Å². The van der Waals surface area contributed by atoms with Gasteiger partial charge < -0.3 is 15.4 Å². The van der Waals surface area contributed by atoms with E-state index in [4.69, 9.17) is 10.5 Å². The average molecular weight is 296 g/mol. The summed E-state index contributed by atoms with van der Waals surface area (Å²) in [6, 6.07) is 10.2. The third-order valence-electron chi connectivity index (χ3n) is 2.83. The minimum Gasteiger partial charge on any atom is -0.457 e. The van der Waals surface area contributed by atoms with Gasteiger partial charge in [0, 0.05) is 37.6 Å². The van der Waals surface area contributed by atoms with Crippen LogP contribution in [-0.2, 0) is 6.18 Å². The van der Waals surface area contributed by atoms with E-state index in [1.165, 1.54) is 6.07 Å². The second kappa shape index (κ2) is 5.55. The molecule has 6 heteroatoms. The number of benzene rings is 2. The first-order valence-corrected chi connectivity index (χ1v) is 6.19. The summed E-state index contributed by atoms with van der Waals surface area (Å²) in [5.74, 6) is 0.498. The topological polar surface area (TPSA) is 38.5 Å². The first-order chi connectivity index (χ1) is 9.75. The fourth-order valence-corrected chi connectivity index (χ4v) is 1.81. The van der Waals surface area contributed by atoms with Crippen LogP contribution in [0, 0.1) is 0 Å². The summed E-state index contributed by atoms with van der Waals surface area (Å²) in [6.07, 6.45) is -4.46. The SMILES string of the molecule is CN(C)c1cccc(Oc2cc(N)cc(C(F)(F)F)c2)c1. The lowest BCUT2D eigenvalue weighted by Crippen LogP contribution is -2.08. The molecule has 0 fully saturated rings. The van der Waals surface area contributed by atoms with Crippen molar-refractivity contribution in [1.82, 2.24) is 0 Å². The first-order valence-electron chi connectivity index (χ1n) is 6.19. The number of nitrogens with zero attached hydrogens (tertiary/aromatic N) is 1. The van der Waals surface area contributed by atoms with Crippen LogP contribution in [-0.4, -0.2) is 14.1 Å².